The predicted molar refractivity (Wildman–Crippen MR) is 271 cm³/mol. The van der Waals surface area contributed by atoms with Crippen LogP contribution in [0.2, 0.25) is 0 Å². The molecule has 3 heterocycles. The molecule has 2 aliphatic rings. The fourth-order valence-corrected chi connectivity index (χ4v) is 11.0. The normalized spacial score (nSPS) is 13.0. The standard InChI is InChI=1S/C62H38N4O/c1-3-16-39(17-4-1)40-30-32-43(33-31-40)60-63-59(42-19-5-2-6-20-42)64-61(65-60)44-21-15-22-45(38-44)66-54-37-36-53-58(56(54)49-35-34-41-18-7-8-23-46(41)57(49)66)67-55-29-14-13-28-52(55)62(53)50-26-11-9-24-47(50)48-25-10-12-27-51(48)62/h1-38H. The van der Waals surface area contributed by atoms with Crippen LogP contribution in [0, 0.1) is 0 Å². The van der Waals surface area contributed by atoms with Crippen LogP contribution in [0.3, 0.4) is 0 Å². The van der Waals surface area contributed by atoms with Crippen molar-refractivity contribution in [1.29, 1.82) is 0 Å². The molecule has 5 heteroatoms. The number of benzene rings is 10. The van der Waals surface area contributed by atoms with Crippen LogP contribution in [0.1, 0.15) is 22.3 Å². The van der Waals surface area contributed by atoms with Gasteiger partial charge in [-0.3, -0.25) is 0 Å². The van der Waals surface area contributed by atoms with E-state index in [1.165, 1.54) is 27.6 Å². The molecule has 1 aliphatic heterocycles. The summed E-state index contributed by atoms with van der Waals surface area (Å²) >= 11 is 0. The Morgan fingerprint density at radius 1 is 0.373 bits per heavy atom. The molecule has 0 saturated heterocycles. The van der Waals surface area contributed by atoms with Crippen LogP contribution in [0.4, 0.5) is 0 Å². The van der Waals surface area contributed by atoms with Gasteiger partial charge in [0.1, 0.15) is 11.5 Å². The van der Waals surface area contributed by atoms with Gasteiger partial charge in [0.2, 0.25) is 0 Å². The van der Waals surface area contributed by atoms with E-state index in [2.05, 4.69) is 211 Å². The molecule has 14 rings (SSSR count). The molecule has 5 nitrogen and oxygen atoms in total. The summed E-state index contributed by atoms with van der Waals surface area (Å²) in [6, 6.07) is 81.9. The number of ether oxygens (including phenoxy) is 1. The van der Waals surface area contributed by atoms with Gasteiger partial charge in [0.15, 0.2) is 17.5 Å². The third kappa shape index (κ3) is 5.52. The van der Waals surface area contributed by atoms with Gasteiger partial charge in [-0.25, -0.2) is 15.0 Å². The Kier molecular flexibility index (Phi) is 8.13. The van der Waals surface area contributed by atoms with Crippen LogP contribution in [0.5, 0.6) is 11.5 Å². The highest BCUT2D eigenvalue weighted by molar-refractivity contribution is 6.21. The van der Waals surface area contributed by atoms with Crippen LogP contribution in [0.25, 0.3) is 94.7 Å². The third-order valence-electron chi connectivity index (χ3n) is 13.9. The lowest BCUT2D eigenvalue weighted by atomic mass is 9.66. The summed E-state index contributed by atoms with van der Waals surface area (Å²) in [5, 5.41) is 4.52. The fraction of sp³-hybridized carbons (Fsp3) is 0.0161. The van der Waals surface area contributed by atoms with E-state index in [0.717, 1.165) is 83.3 Å². The van der Waals surface area contributed by atoms with Crippen molar-refractivity contribution in [1.82, 2.24) is 19.5 Å². The minimum absolute atomic E-state index is 0.578. The van der Waals surface area contributed by atoms with Crippen molar-refractivity contribution in [3.05, 3.63) is 253 Å². The first-order valence-electron chi connectivity index (χ1n) is 22.8. The Bertz CT molecular complexity index is 3900. The average Bonchev–Trinajstić information content (AvgIpc) is 3.91. The molecule has 0 atom stereocenters. The summed E-state index contributed by atoms with van der Waals surface area (Å²) in [5.74, 6) is 3.58. The molecule has 0 amide bonds. The van der Waals surface area contributed by atoms with Gasteiger partial charge in [-0.2, -0.15) is 0 Å². The van der Waals surface area contributed by atoms with E-state index in [1.807, 2.05) is 24.3 Å². The maximum atomic E-state index is 7.27. The summed E-state index contributed by atoms with van der Waals surface area (Å²) in [6.45, 7) is 0. The average molecular weight is 855 g/mol. The summed E-state index contributed by atoms with van der Waals surface area (Å²) in [5.41, 5.74) is 15.0. The van der Waals surface area contributed by atoms with Gasteiger partial charge in [0, 0.05) is 44.3 Å². The Hall–Kier alpha value is -8.93. The highest BCUT2D eigenvalue weighted by Gasteiger charge is 2.51. The number of nitrogens with zero attached hydrogens (tertiary/aromatic N) is 4. The maximum absolute atomic E-state index is 7.27. The van der Waals surface area contributed by atoms with E-state index in [-0.39, 0.29) is 0 Å². The lowest BCUT2D eigenvalue weighted by molar-refractivity contribution is 0.442. The van der Waals surface area contributed by atoms with Gasteiger partial charge in [0.05, 0.1) is 21.8 Å². The van der Waals surface area contributed by atoms with Gasteiger partial charge in [-0.1, -0.05) is 206 Å². The Balaban J connectivity index is 1.00. The smallest absolute Gasteiger partial charge is 0.164 e. The molecule has 0 N–H and O–H groups in total. The fourth-order valence-electron chi connectivity index (χ4n) is 11.0. The van der Waals surface area contributed by atoms with Crippen LogP contribution in [0.15, 0.2) is 231 Å². The highest BCUT2D eigenvalue weighted by atomic mass is 16.5. The Labute approximate surface area is 386 Å². The molecule has 0 unspecified atom stereocenters. The largest absolute Gasteiger partial charge is 0.456 e. The molecule has 312 valence electrons. The number of fused-ring (bicyclic) bond motifs is 15. The van der Waals surface area contributed by atoms with Crippen molar-refractivity contribution in [2.24, 2.45) is 0 Å². The topological polar surface area (TPSA) is 52.8 Å². The van der Waals surface area contributed by atoms with Gasteiger partial charge >= 0.3 is 0 Å². The van der Waals surface area contributed by atoms with Crippen molar-refractivity contribution in [2.75, 3.05) is 0 Å². The molecular formula is C62H38N4O. The first-order chi connectivity index (χ1) is 33.2. The molecule has 0 fully saturated rings. The first kappa shape index (κ1) is 37.4. The summed E-state index contributed by atoms with van der Waals surface area (Å²) in [4.78, 5) is 15.4. The number of hydrogen-bond acceptors (Lipinski definition) is 4. The van der Waals surface area contributed by atoms with Gasteiger partial charge in [-0.05, 0) is 63.0 Å². The lowest BCUT2D eigenvalue weighted by Gasteiger charge is -2.39. The molecule has 10 aromatic carbocycles. The zero-order valence-electron chi connectivity index (χ0n) is 36.1. The van der Waals surface area contributed by atoms with Crippen molar-refractivity contribution in [3.8, 4) is 73.6 Å². The summed E-state index contributed by atoms with van der Waals surface area (Å²) in [7, 11) is 0. The van der Waals surface area contributed by atoms with Crippen LogP contribution in [-0.4, -0.2) is 19.5 Å². The second-order valence-electron chi connectivity index (χ2n) is 17.5. The molecule has 0 radical (unpaired) electrons. The molecule has 1 spiro atoms. The minimum Gasteiger partial charge on any atom is -0.456 e. The Morgan fingerprint density at radius 2 is 0.925 bits per heavy atom. The van der Waals surface area contributed by atoms with E-state index in [1.54, 1.807) is 0 Å². The van der Waals surface area contributed by atoms with Crippen molar-refractivity contribution < 1.29 is 4.74 Å². The summed E-state index contributed by atoms with van der Waals surface area (Å²) < 4.78 is 9.68. The molecule has 0 bridgehead atoms. The number of hydrogen-bond donors (Lipinski definition) is 0. The van der Waals surface area contributed by atoms with E-state index in [0.29, 0.717) is 17.5 Å². The summed E-state index contributed by atoms with van der Waals surface area (Å²) in [6.07, 6.45) is 0. The minimum atomic E-state index is -0.578. The second kappa shape index (κ2) is 14.5. The van der Waals surface area contributed by atoms with E-state index < -0.39 is 5.41 Å². The monoisotopic (exact) mass is 854 g/mol. The molecule has 1 aliphatic carbocycles. The number of rotatable bonds is 5. The zero-order chi connectivity index (χ0) is 44.1. The van der Waals surface area contributed by atoms with Gasteiger partial charge in [-0.15, -0.1) is 0 Å². The van der Waals surface area contributed by atoms with Gasteiger partial charge in [0.25, 0.3) is 0 Å². The third-order valence-corrected chi connectivity index (χ3v) is 13.9. The van der Waals surface area contributed by atoms with Crippen LogP contribution < -0.4 is 4.74 Å². The zero-order valence-corrected chi connectivity index (χ0v) is 36.1. The highest BCUT2D eigenvalue weighted by Crippen LogP contribution is 2.63. The van der Waals surface area contributed by atoms with Crippen molar-refractivity contribution >= 4 is 32.6 Å². The SMILES string of the molecule is c1ccc(-c2ccc(-c3nc(-c4ccccc4)nc(-c4cccc(-n5c6ccc7c(c6c6ccc8ccccc8c65)Oc5ccccc5C75c6ccccc6-c6ccccc65)c4)n3)cc2)cc1. The Morgan fingerprint density at radius 3 is 1.66 bits per heavy atom. The molecule has 67 heavy (non-hydrogen) atoms. The number of para-hydroxylation sites is 1. The van der Waals surface area contributed by atoms with E-state index in [4.69, 9.17) is 19.7 Å². The van der Waals surface area contributed by atoms with E-state index in [9.17, 15) is 0 Å². The van der Waals surface area contributed by atoms with Crippen LogP contribution >= 0.6 is 0 Å². The van der Waals surface area contributed by atoms with E-state index >= 15 is 0 Å². The lowest BCUT2D eigenvalue weighted by Crippen LogP contribution is -2.32. The number of aromatic nitrogens is 4. The van der Waals surface area contributed by atoms with Crippen molar-refractivity contribution in [3.63, 3.8) is 0 Å². The van der Waals surface area contributed by atoms with Gasteiger partial charge < -0.3 is 9.30 Å². The predicted octanol–water partition coefficient (Wildman–Crippen LogP) is 15.3. The van der Waals surface area contributed by atoms with Crippen molar-refractivity contribution in [2.45, 2.75) is 5.41 Å². The first-order valence-corrected chi connectivity index (χ1v) is 22.8. The molecular weight excluding hydrogens is 817 g/mol. The quantitative estimate of drug-likeness (QED) is 0.173. The second-order valence-corrected chi connectivity index (χ2v) is 17.5. The molecule has 2 aromatic heterocycles. The molecule has 12 aromatic rings. The van der Waals surface area contributed by atoms with Crippen LogP contribution in [-0.2, 0) is 5.41 Å². The maximum Gasteiger partial charge on any atom is 0.164 e. The molecule has 0 saturated carbocycles.